The van der Waals surface area contributed by atoms with E-state index in [4.69, 9.17) is 11.6 Å². The quantitative estimate of drug-likeness (QED) is 0.496. The molecule has 0 bridgehead atoms. The average Bonchev–Trinajstić information content (AvgIpc) is 2.95. The van der Waals surface area contributed by atoms with Crippen molar-refractivity contribution in [3.05, 3.63) is 59.1 Å². The van der Waals surface area contributed by atoms with Gasteiger partial charge in [0.05, 0.1) is 5.02 Å². The highest BCUT2D eigenvalue weighted by atomic mass is 35.5. The van der Waals surface area contributed by atoms with Crippen LogP contribution in [0, 0.1) is 0 Å². The highest BCUT2D eigenvalue weighted by Gasteiger charge is 2.13. The van der Waals surface area contributed by atoms with Crippen molar-refractivity contribution in [2.24, 2.45) is 7.05 Å². The summed E-state index contributed by atoms with van der Waals surface area (Å²) in [6.07, 6.45) is 0. The zero-order chi connectivity index (χ0) is 17.8. The Morgan fingerprint density at radius 2 is 1.80 bits per heavy atom. The number of thioether (sulfide) groups is 2. The molecule has 1 heterocycles. The van der Waals surface area contributed by atoms with Crippen LogP contribution in [0.1, 0.15) is 5.56 Å². The van der Waals surface area contributed by atoms with Crippen LogP contribution in [0.15, 0.2) is 58.6 Å². The number of aromatic nitrogens is 3. The van der Waals surface area contributed by atoms with E-state index in [1.807, 2.05) is 48.0 Å². The lowest BCUT2D eigenvalue weighted by atomic mass is 10.2. The van der Waals surface area contributed by atoms with E-state index < -0.39 is 5.76 Å². The first kappa shape index (κ1) is 18.2. The fraction of sp³-hybridized carbons (Fsp3) is 0.176. The van der Waals surface area contributed by atoms with Crippen molar-refractivity contribution < 1.29 is 8.78 Å². The molecule has 0 N–H and O–H groups in total. The third-order valence-corrected chi connectivity index (χ3v) is 5.61. The monoisotopic (exact) mass is 397 g/mol. The lowest BCUT2D eigenvalue weighted by Gasteiger charge is -2.06. The molecule has 8 heteroatoms. The Balaban J connectivity index is 1.69. The minimum absolute atomic E-state index is 0.547. The molecule has 0 spiro atoms. The standard InChI is InChI=1S/C17H14ClF2N3S2/c1-23-15(13-4-2-3-5-14(13)18)21-22-17(23)24-10-11-6-8-12(9-7-11)25-16(19)20/h2-9,16H,10H2,1H3. The molecule has 0 unspecified atom stereocenters. The van der Waals surface area contributed by atoms with E-state index in [1.54, 1.807) is 12.1 Å². The van der Waals surface area contributed by atoms with Gasteiger partial charge in [0.2, 0.25) is 0 Å². The van der Waals surface area contributed by atoms with Gasteiger partial charge < -0.3 is 4.57 Å². The Kier molecular flexibility index (Phi) is 5.98. The predicted octanol–water partition coefficient (Wildman–Crippen LogP) is 5.74. The summed E-state index contributed by atoms with van der Waals surface area (Å²) >= 11 is 8.30. The van der Waals surface area contributed by atoms with Gasteiger partial charge in [-0.15, -0.1) is 10.2 Å². The second kappa shape index (κ2) is 8.21. The van der Waals surface area contributed by atoms with Gasteiger partial charge in [0, 0.05) is 23.3 Å². The lowest BCUT2D eigenvalue weighted by molar-refractivity contribution is 0.252. The SMILES string of the molecule is Cn1c(SCc2ccc(SC(F)F)cc2)nnc1-c1ccccc1Cl. The molecule has 2 aromatic carbocycles. The number of halogens is 3. The van der Waals surface area contributed by atoms with Crippen LogP contribution < -0.4 is 0 Å². The Morgan fingerprint density at radius 1 is 1.08 bits per heavy atom. The van der Waals surface area contributed by atoms with E-state index >= 15 is 0 Å². The van der Waals surface area contributed by atoms with Gasteiger partial charge in [-0.25, -0.2) is 0 Å². The molecule has 0 atom stereocenters. The van der Waals surface area contributed by atoms with Crippen LogP contribution in [-0.4, -0.2) is 20.5 Å². The molecule has 3 rings (SSSR count). The van der Waals surface area contributed by atoms with Crippen molar-refractivity contribution in [2.45, 2.75) is 21.6 Å². The summed E-state index contributed by atoms with van der Waals surface area (Å²) in [5.41, 5.74) is 1.87. The smallest absolute Gasteiger partial charge is 0.288 e. The molecule has 0 fully saturated rings. The molecular weight excluding hydrogens is 384 g/mol. The molecule has 3 nitrogen and oxygen atoms in total. The van der Waals surface area contributed by atoms with Gasteiger partial charge in [-0.1, -0.05) is 59.4 Å². The first-order valence-electron chi connectivity index (χ1n) is 7.35. The third kappa shape index (κ3) is 4.54. The normalized spacial score (nSPS) is 11.2. The molecule has 0 saturated heterocycles. The maximum Gasteiger partial charge on any atom is 0.288 e. The summed E-state index contributed by atoms with van der Waals surface area (Å²) in [5, 5.41) is 9.84. The first-order chi connectivity index (χ1) is 12.0. The molecule has 0 radical (unpaired) electrons. The number of hydrogen-bond donors (Lipinski definition) is 0. The Hall–Kier alpha value is -1.57. The second-order valence-corrected chi connectivity index (χ2v) is 7.57. The molecule has 130 valence electrons. The van der Waals surface area contributed by atoms with Gasteiger partial charge in [0.25, 0.3) is 5.76 Å². The van der Waals surface area contributed by atoms with Crippen molar-refractivity contribution in [2.75, 3.05) is 0 Å². The summed E-state index contributed by atoms with van der Waals surface area (Å²) < 4.78 is 26.6. The summed E-state index contributed by atoms with van der Waals surface area (Å²) in [7, 11) is 1.89. The van der Waals surface area contributed by atoms with Crippen molar-refractivity contribution in [1.29, 1.82) is 0 Å². The molecular formula is C17H14ClF2N3S2. The van der Waals surface area contributed by atoms with Gasteiger partial charge in [-0.2, -0.15) is 8.78 Å². The van der Waals surface area contributed by atoms with Gasteiger partial charge in [0.15, 0.2) is 11.0 Å². The molecule has 0 amide bonds. The van der Waals surface area contributed by atoms with Gasteiger partial charge in [0.1, 0.15) is 0 Å². The van der Waals surface area contributed by atoms with E-state index in [1.165, 1.54) is 11.8 Å². The summed E-state index contributed by atoms with van der Waals surface area (Å²) in [6.45, 7) is 0. The maximum absolute atomic E-state index is 12.3. The summed E-state index contributed by atoms with van der Waals surface area (Å²) in [5.74, 6) is -1.02. The number of hydrogen-bond acceptors (Lipinski definition) is 4. The fourth-order valence-corrected chi connectivity index (χ4v) is 3.82. The molecule has 25 heavy (non-hydrogen) atoms. The van der Waals surface area contributed by atoms with Crippen LogP contribution in [0.5, 0.6) is 0 Å². The molecule has 0 aliphatic heterocycles. The van der Waals surface area contributed by atoms with E-state index in [0.717, 1.165) is 16.3 Å². The van der Waals surface area contributed by atoms with Crippen LogP contribution in [0.4, 0.5) is 8.78 Å². The van der Waals surface area contributed by atoms with Crippen molar-refractivity contribution in [3.63, 3.8) is 0 Å². The Labute approximate surface area is 157 Å². The van der Waals surface area contributed by atoms with E-state index in [-0.39, 0.29) is 0 Å². The molecule has 0 aliphatic rings. The summed E-state index contributed by atoms with van der Waals surface area (Å²) in [6, 6.07) is 14.6. The van der Waals surface area contributed by atoms with Gasteiger partial charge in [-0.3, -0.25) is 0 Å². The van der Waals surface area contributed by atoms with E-state index in [9.17, 15) is 8.78 Å². The minimum atomic E-state index is -2.40. The first-order valence-corrected chi connectivity index (χ1v) is 9.60. The van der Waals surface area contributed by atoms with Crippen molar-refractivity contribution in [1.82, 2.24) is 14.8 Å². The summed E-state index contributed by atoms with van der Waals surface area (Å²) in [4.78, 5) is 0.559. The molecule has 3 aromatic rings. The van der Waals surface area contributed by atoms with Crippen molar-refractivity contribution in [3.8, 4) is 11.4 Å². The zero-order valence-electron chi connectivity index (χ0n) is 13.2. The van der Waals surface area contributed by atoms with Crippen LogP contribution >= 0.6 is 35.1 Å². The van der Waals surface area contributed by atoms with E-state index in [2.05, 4.69) is 10.2 Å². The Bertz CT molecular complexity index is 853. The van der Waals surface area contributed by atoms with Gasteiger partial charge in [-0.05, 0) is 29.8 Å². The second-order valence-electron chi connectivity index (χ2n) is 5.16. The van der Waals surface area contributed by atoms with Gasteiger partial charge >= 0.3 is 0 Å². The minimum Gasteiger partial charge on any atom is -0.305 e. The molecule has 1 aromatic heterocycles. The lowest BCUT2D eigenvalue weighted by Crippen LogP contribution is -1.95. The number of alkyl halides is 2. The molecule has 0 saturated carbocycles. The zero-order valence-corrected chi connectivity index (χ0v) is 15.6. The number of benzene rings is 2. The highest BCUT2D eigenvalue weighted by Crippen LogP contribution is 2.30. The van der Waals surface area contributed by atoms with Crippen LogP contribution in [0.3, 0.4) is 0 Å². The number of rotatable bonds is 6. The van der Waals surface area contributed by atoms with E-state index in [0.29, 0.717) is 33.3 Å². The average molecular weight is 398 g/mol. The largest absolute Gasteiger partial charge is 0.305 e. The Morgan fingerprint density at radius 3 is 2.48 bits per heavy atom. The highest BCUT2D eigenvalue weighted by molar-refractivity contribution is 7.99. The van der Waals surface area contributed by atoms with Crippen LogP contribution in [0.2, 0.25) is 5.02 Å². The van der Waals surface area contributed by atoms with Crippen molar-refractivity contribution >= 4 is 35.1 Å². The maximum atomic E-state index is 12.3. The third-order valence-electron chi connectivity index (χ3n) is 3.47. The van der Waals surface area contributed by atoms with Crippen LogP contribution in [-0.2, 0) is 12.8 Å². The predicted molar refractivity (Wildman–Crippen MR) is 99.3 cm³/mol. The molecule has 0 aliphatic carbocycles. The fourth-order valence-electron chi connectivity index (χ4n) is 2.23. The topological polar surface area (TPSA) is 30.7 Å². The van der Waals surface area contributed by atoms with Crippen LogP contribution in [0.25, 0.3) is 11.4 Å². The number of nitrogens with zero attached hydrogens (tertiary/aromatic N) is 3.